The zero-order valence-electron chi connectivity index (χ0n) is 15.9. The van der Waals surface area contributed by atoms with Crippen molar-refractivity contribution in [2.45, 2.75) is 26.3 Å². The number of carbonyl (C=O) groups is 1. The third kappa shape index (κ3) is 3.84. The first-order valence-electron chi connectivity index (χ1n) is 9.38. The summed E-state index contributed by atoms with van der Waals surface area (Å²) in [6.45, 7) is 6.16. The molecule has 8 nitrogen and oxygen atoms in total. The average molecular weight is 398 g/mol. The van der Waals surface area contributed by atoms with Gasteiger partial charge in [0.05, 0.1) is 17.1 Å². The van der Waals surface area contributed by atoms with Crippen molar-refractivity contribution < 1.29 is 4.79 Å². The lowest BCUT2D eigenvalue weighted by atomic mass is 10.2. The van der Waals surface area contributed by atoms with E-state index in [0.717, 1.165) is 41.7 Å². The summed E-state index contributed by atoms with van der Waals surface area (Å²) >= 11 is 1.40. The van der Waals surface area contributed by atoms with E-state index in [4.69, 9.17) is 0 Å². The van der Waals surface area contributed by atoms with Gasteiger partial charge in [0.25, 0.3) is 5.91 Å². The van der Waals surface area contributed by atoms with E-state index in [0.29, 0.717) is 17.4 Å². The van der Waals surface area contributed by atoms with Crippen LogP contribution >= 0.6 is 11.3 Å². The second-order valence-electron chi connectivity index (χ2n) is 6.69. The van der Waals surface area contributed by atoms with Crippen LogP contribution in [0.25, 0.3) is 11.4 Å². The summed E-state index contributed by atoms with van der Waals surface area (Å²) in [5.41, 5.74) is 2.58. The number of hydrogen-bond donors (Lipinski definition) is 3. The number of aryl methyl sites for hydroxylation is 1. The zero-order chi connectivity index (χ0) is 19.5. The van der Waals surface area contributed by atoms with Gasteiger partial charge >= 0.3 is 0 Å². The Hall–Kier alpha value is -2.94. The number of thiazole rings is 1. The topological polar surface area (TPSA) is 98.8 Å². The van der Waals surface area contributed by atoms with Gasteiger partial charge in [-0.25, -0.2) is 15.0 Å². The van der Waals surface area contributed by atoms with Crippen LogP contribution in [0.1, 0.15) is 28.7 Å². The molecule has 0 spiro atoms. The normalized spacial score (nSPS) is 16.4. The first-order valence-corrected chi connectivity index (χ1v) is 10.2. The van der Waals surface area contributed by atoms with Crippen molar-refractivity contribution in [3.8, 4) is 11.4 Å². The first-order chi connectivity index (χ1) is 13.6. The molecule has 4 heterocycles. The molecule has 0 saturated carbocycles. The molecule has 3 N–H and O–H groups in total. The molecule has 28 heavy (non-hydrogen) atoms. The number of H-pyrrole nitrogens is 1. The highest BCUT2D eigenvalue weighted by molar-refractivity contribution is 7.17. The fourth-order valence-electron chi connectivity index (χ4n) is 3.29. The Morgan fingerprint density at radius 1 is 1.39 bits per heavy atom. The van der Waals surface area contributed by atoms with Crippen molar-refractivity contribution in [3.63, 3.8) is 0 Å². The number of carbonyl (C=O) groups excluding carboxylic acids is 1. The van der Waals surface area contributed by atoms with Crippen LogP contribution in [-0.2, 0) is 0 Å². The first kappa shape index (κ1) is 18.4. The van der Waals surface area contributed by atoms with Crippen LogP contribution in [0.4, 0.5) is 11.1 Å². The molecule has 1 atom stereocenters. The van der Waals surface area contributed by atoms with E-state index >= 15 is 0 Å². The standard InChI is InChI=1S/C19H23N7OS/c1-3-20-19-23-12(2)16(28-19)17(27)24-13-7-10-26(11-13)18-22-9-6-15(25-18)14-5-4-8-21-14/h4-6,8-9,13,21H,3,7,10-11H2,1-2H3,(H,20,23)(H,24,27). The van der Waals surface area contributed by atoms with Crippen LogP contribution in [0.3, 0.4) is 0 Å². The lowest BCUT2D eigenvalue weighted by Crippen LogP contribution is -2.37. The second-order valence-corrected chi connectivity index (χ2v) is 7.69. The van der Waals surface area contributed by atoms with Gasteiger partial charge in [-0.1, -0.05) is 11.3 Å². The lowest BCUT2D eigenvalue weighted by molar-refractivity contribution is 0.0943. The minimum absolute atomic E-state index is 0.0629. The molecule has 4 rings (SSSR count). The minimum Gasteiger partial charge on any atom is -0.362 e. The summed E-state index contributed by atoms with van der Waals surface area (Å²) in [4.78, 5) is 32.1. The molecular formula is C19H23N7OS. The van der Waals surface area contributed by atoms with Gasteiger partial charge in [-0.3, -0.25) is 4.79 Å². The number of rotatable bonds is 6. The van der Waals surface area contributed by atoms with Crippen molar-refractivity contribution in [2.75, 3.05) is 29.9 Å². The molecule has 0 aromatic carbocycles. The van der Waals surface area contributed by atoms with Crippen molar-refractivity contribution in [1.29, 1.82) is 0 Å². The number of aromatic amines is 1. The smallest absolute Gasteiger partial charge is 0.263 e. The van der Waals surface area contributed by atoms with Gasteiger partial charge in [-0.2, -0.15) is 0 Å². The number of anilines is 2. The predicted octanol–water partition coefficient (Wildman–Crippen LogP) is 2.68. The molecule has 1 amide bonds. The quantitative estimate of drug-likeness (QED) is 0.591. The Labute approximate surface area is 167 Å². The molecule has 1 fully saturated rings. The Kier molecular flexibility index (Phi) is 5.25. The van der Waals surface area contributed by atoms with Crippen LogP contribution in [0.15, 0.2) is 30.6 Å². The second kappa shape index (κ2) is 7.97. The van der Waals surface area contributed by atoms with Gasteiger partial charge in [0.15, 0.2) is 5.13 Å². The lowest BCUT2D eigenvalue weighted by Gasteiger charge is -2.17. The summed E-state index contributed by atoms with van der Waals surface area (Å²) in [5, 5.41) is 7.08. The maximum absolute atomic E-state index is 12.7. The molecule has 1 unspecified atom stereocenters. The molecule has 9 heteroatoms. The summed E-state index contributed by atoms with van der Waals surface area (Å²) in [6, 6.07) is 5.88. The molecule has 1 saturated heterocycles. The summed E-state index contributed by atoms with van der Waals surface area (Å²) in [7, 11) is 0. The van der Waals surface area contributed by atoms with Gasteiger partial charge in [0.1, 0.15) is 4.88 Å². The van der Waals surface area contributed by atoms with Crippen LogP contribution in [0.5, 0.6) is 0 Å². The van der Waals surface area contributed by atoms with Crippen molar-refractivity contribution in [3.05, 3.63) is 41.2 Å². The van der Waals surface area contributed by atoms with E-state index in [-0.39, 0.29) is 11.9 Å². The van der Waals surface area contributed by atoms with E-state index in [2.05, 4.69) is 35.5 Å². The molecule has 3 aromatic rings. The number of aromatic nitrogens is 4. The van der Waals surface area contributed by atoms with Gasteiger partial charge in [0.2, 0.25) is 5.95 Å². The molecule has 146 valence electrons. The van der Waals surface area contributed by atoms with Crippen LogP contribution in [-0.4, -0.2) is 51.5 Å². The largest absolute Gasteiger partial charge is 0.362 e. The van der Waals surface area contributed by atoms with Crippen molar-refractivity contribution >= 4 is 28.3 Å². The minimum atomic E-state index is -0.0629. The van der Waals surface area contributed by atoms with Crippen LogP contribution in [0.2, 0.25) is 0 Å². The van der Waals surface area contributed by atoms with Gasteiger partial charge < -0.3 is 20.5 Å². The van der Waals surface area contributed by atoms with Crippen LogP contribution < -0.4 is 15.5 Å². The average Bonchev–Trinajstić information content (AvgIpc) is 3.43. The van der Waals surface area contributed by atoms with Gasteiger partial charge in [0, 0.05) is 38.1 Å². The Balaban J connectivity index is 1.41. The third-order valence-corrected chi connectivity index (χ3v) is 5.77. The van der Waals surface area contributed by atoms with E-state index in [9.17, 15) is 4.79 Å². The highest BCUT2D eigenvalue weighted by atomic mass is 32.1. The molecule has 3 aromatic heterocycles. The molecule has 0 bridgehead atoms. The molecule has 0 aliphatic carbocycles. The highest BCUT2D eigenvalue weighted by Gasteiger charge is 2.27. The van der Waals surface area contributed by atoms with E-state index in [1.54, 1.807) is 6.20 Å². The highest BCUT2D eigenvalue weighted by Crippen LogP contribution is 2.24. The summed E-state index contributed by atoms with van der Waals surface area (Å²) in [6.07, 6.45) is 4.51. The maximum atomic E-state index is 12.7. The number of amides is 1. The Morgan fingerprint density at radius 3 is 3.07 bits per heavy atom. The van der Waals surface area contributed by atoms with E-state index in [1.165, 1.54) is 11.3 Å². The predicted molar refractivity (Wildman–Crippen MR) is 111 cm³/mol. The molecule has 1 aliphatic heterocycles. The number of nitrogens with zero attached hydrogens (tertiary/aromatic N) is 4. The Bertz CT molecular complexity index is 953. The monoisotopic (exact) mass is 397 g/mol. The zero-order valence-corrected chi connectivity index (χ0v) is 16.7. The fraction of sp³-hybridized carbons (Fsp3) is 0.368. The SMILES string of the molecule is CCNc1nc(C)c(C(=O)NC2CCN(c3nccc(-c4ccc[nH]4)n3)C2)s1. The Morgan fingerprint density at radius 2 is 2.29 bits per heavy atom. The third-order valence-electron chi connectivity index (χ3n) is 4.65. The fourth-order valence-corrected chi connectivity index (χ4v) is 4.22. The van der Waals surface area contributed by atoms with Gasteiger partial charge in [-0.15, -0.1) is 0 Å². The molecular weight excluding hydrogens is 374 g/mol. The van der Waals surface area contributed by atoms with E-state index in [1.807, 2.05) is 38.2 Å². The van der Waals surface area contributed by atoms with Crippen LogP contribution in [0, 0.1) is 6.92 Å². The summed E-state index contributed by atoms with van der Waals surface area (Å²) in [5.74, 6) is 0.624. The molecule has 0 radical (unpaired) electrons. The van der Waals surface area contributed by atoms with Crippen molar-refractivity contribution in [1.82, 2.24) is 25.3 Å². The number of nitrogens with one attached hydrogen (secondary N) is 3. The van der Waals surface area contributed by atoms with Crippen molar-refractivity contribution in [2.24, 2.45) is 0 Å². The van der Waals surface area contributed by atoms with Gasteiger partial charge in [-0.05, 0) is 38.5 Å². The summed E-state index contributed by atoms with van der Waals surface area (Å²) < 4.78 is 0. The maximum Gasteiger partial charge on any atom is 0.263 e. The number of hydrogen-bond acceptors (Lipinski definition) is 7. The molecule has 1 aliphatic rings. The van der Waals surface area contributed by atoms with E-state index < -0.39 is 0 Å².